The SMILES string of the molecule is Brc1ccc(CNCc2ccc(Br)c3cccnc23)s1. The molecule has 0 fully saturated rings. The lowest BCUT2D eigenvalue weighted by molar-refractivity contribution is 0.703. The highest BCUT2D eigenvalue weighted by atomic mass is 79.9. The number of thiophene rings is 1. The molecule has 2 aromatic heterocycles. The van der Waals surface area contributed by atoms with Crippen molar-refractivity contribution in [2.24, 2.45) is 0 Å². The first kappa shape index (κ1) is 14.2. The smallest absolute Gasteiger partial charge is 0.0758 e. The second-order valence-electron chi connectivity index (χ2n) is 4.42. The first-order valence-corrected chi connectivity index (χ1v) is 8.61. The highest BCUT2D eigenvalue weighted by Gasteiger charge is 2.05. The van der Waals surface area contributed by atoms with Crippen LogP contribution in [0, 0.1) is 0 Å². The molecule has 0 saturated carbocycles. The molecule has 0 amide bonds. The molecule has 1 N–H and O–H groups in total. The molecule has 5 heteroatoms. The highest BCUT2D eigenvalue weighted by molar-refractivity contribution is 9.11. The van der Waals surface area contributed by atoms with Crippen LogP contribution in [0.5, 0.6) is 0 Å². The van der Waals surface area contributed by atoms with Crippen LogP contribution in [0.3, 0.4) is 0 Å². The van der Waals surface area contributed by atoms with Gasteiger partial charge in [0, 0.05) is 34.0 Å². The van der Waals surface area contributed by atoms with Gasteiger partial charge in [0.2, 0.25) is 0 Å². The summed E-state index contributed by atoms with van der Waals surface area (Å²) in [7, 11) is 0. The van der Waals surface area contributed by atoms with Crippen LogP contribution in [0.2, 0.25) is 0 Å². The zero-order chi connectivity index (χ0) is 13.9. The maximum Gasteiger partial charge on any atom is 0.0758 e. The van der Waals surface area contributed by atoms with Crippen molar-refractivity contribution in [3.8, 4) is 0 Å². The molecule has 2 heterocycles. The van der Waals surface area contributed by atoms with E-state index in [4.69, 9.17) is 0 Å². The molecule has 0 aliphatic heterocycles. The van der Waals surface area contributed by atoms with Crippen molar-refractivity contribution in [3.63, 3.8) is 0 Å². The van der Waals surface area contributed by atoms with Crippen LogP contribution in [0.1, 0.15) is 10.4 Å². The largest absolute Gasteiger partial charge is 0.308 e. The Bertz CT molecular complexity index is 740. The summed E-state index contributed by atoms with van der Waals surface area (Å²) in [4.78, 5) is 5.82. The molecule has 0 atom stereocenters. The number of hydrogen-bond donors (Lipinski definition) is 1. The molecule has 102 valence electrons. The second kappa shape index (κ2) is 6.35. The molecule has 1 aromatic carbocycles. The number of nitrogens with zero attached hydrogens (tertiary/aromatic N) is 1. The van der Waals surface area contributed by atoms with Crippen molar-refractivity contribution in [1.82, 2.24) is 10.3 Å². The number of rotatable bonds is 4. The average molecular weight is 412 g/mol. The van der Waals surface area contributed by atoms with Gasteiger partial charge in [-0.1, -0.05) is 28.1 Å². The fourth-order valence-electron chi connectivity index (χ4n) is 2.11. The van der Waals surface area contributed by atoms with E-state index in [0.717, 1.165) is 28.5 Å². The van der Waals surface area contributed by atoms with Crippen LogP contribution in [-0.4, -0.2) is 4.98 Å². The minimum atomic E-state index is 0.816. The fourth-order valence-corrected chi connectivity index (χ4v) is 4.01. The van der Waals surface area contributed by atoms with E-state index in [-0.39, 0.29) is 0 Å². The van der Waals surface area contributed by atoms with Gasteiger partial charge in [-0.2, -0.15) is 0 Å². The molecule has 3 rings (SSSR count). The number of pyridine rings is 1. The van der Waals surface area contributed by atoms with Gasteiger partial charge in [0.25, 0.3) is 0 Å². The van der Waals surface area contributed by atoms with Crippen molar-refractivity contribution in [2.45, 2.75) is 13.1 Å². The molecule has 3 aromatic rings. The summed E-state index contributed by atoms with van der Waals surface area (Å²) in [6.07, 6.45) is 1.84. The van der Waals surface area contributed by atoms with Crippen molar-refractivity contribution in [3.05, 3.63) is 61.3 Å². The van der Waals surface area contributed by atoms with E-state index in [9.17, 15) is 0 Å². The Morgan fingerprint density at radius 2 is 1.95 bits per heavy atom. The monoisotopic (exact) mass is 410 g/mol. The minimum Gasteiger partial charge on any atom is -0.308 e. The Kier molecular flexibility index (Phi) is 4.51. The summed E-state index contributed by atoms with van der Waals surface area (Å²) < 4.78 is 2.26. The summed E-state index contributed by atoms with van der Waals surface area (Å²) in [5.41, 5.74) is 2.28. The van der Waals surface area contributed by atoms with Gasteiger partial charge in [0.15, 0.2) is 0 Å². The van der Waals surface area contributed by atoms with Crippen LogP contribution in [0.25, 0.3) is 10.9 Å². The predicted molar refractivity (Wildman–Crippen MR) is 92.0 cm³/mol. The van der Waals surface area contributed by atoms with E-state index in [1.165, 1.54) is 14.2 Å². The minimum absolute atomic E-state index is 0.816. The standard InChI is InChI=1S/C15H12Br2N2S/c16-13-5-3-10(15-12(13)2-1-7-19-15)8-18-9-11-4-6-14(17)20-11/h1-7,18H,8-9H2. The van der Waals surface area contributed by atoms with Crippen molar-refractivity contribution in [1.29, 1.82) is 0 Å². The molecule has 2 nitrogen and oxygen atoms in total. The molecule has 0 aliphatic carbocycles. The summed E-state index contributed by atoms with van der Waals surface area (Å²) in [6.45, 7) is 1.69. The third-order valence-corrected chi connectivity index (χ3v) is 5.36. The van der Waals surface area contributed by atoms with E-state index in [2.05, 4.69) is 72.5 Å². The van der Waals surface area contributed by atoms with Gasteiger partial charge in [-0.15, -0.1) is 11.3 Å². The zero-order valence-electron chi connectivity index (χ0n) is 10.6. The quantitative estimate of drug-likeness (QED) is 0.645. The molecular weight excluding hydrogens is 400 g/mol. The maximum atomic E-state index is 4.50. The van der Waals surface area contributed by atoms with Crippen LogP contribution in [0.4, 0.5) is 0 Å². The Balaban J connectivity index is 1.76. The van der Waals surface area contributed by atoms with Gasteiger partial charge in [-0.05, 0) is 45.8 Å². The highest BCUT2D eigenvalue weighted by Crippen LogP contribution is 2.25. The number of benzene rings is 1. The third-order valence-electron chi connectivity index (χ3n) is 3.04. The summed E-state index contributed by atoms with van der Waals surface area (Å²) >= 11 is 8.82. The maximum absolute atomic E-state index is 4.50. The van der Waals surface area contributed by atoms with Crippen molar-refractivity contribution in [2.75, 3.05) is 0 Å². The number of aromatic nitrogens is 1. The predicted octanol–water partition coefficient (Wildman–Crippen LogP) is 5.11. The first-order valence-electron chi connectivity index (χ1n) is 6.21. The van der Waals surface area contributed by atoms with E-state index >= 15 is 0 Å². The van der Waals surface area contributed by atoms with Crippen molar-refractivity contribution < 1.29 is 0 Å². The Labute approximate surface area is 138 Å². The Morgan fingerprint density at radius 3 is 2.75 bits per heavy atom. The molecular formula is C15H12Br2N2S. The summed E-state index contributed by atoms with van der Waals surface area (Å²) in [5.74, 6) is 0. The molecule has 0 saturated heterocycles. The second-order valence-corrected chi connectivity index (χ2v) is 7.82. The van der Waals surface area contributed by atoms with Crippen LogP contribution < -0.4 is 5.32 Å². The number of halogens is 2. The third kappa shape index (κ3) is 3.11. The van der Waals surface area contributed by atoms with E-state index in [0.29, 0.717) is 0 Å². The zero-order valence-corrected chi connectivity index (χ0v) is 14.6. The molecule has 0 aliphatic rings. The van der Waals surface area contributed by atoms with Crippen LogP contribution in [-0.2, 0) is 13.1 Å². The number of nitrogens with one attached hydrogen (secondary N) is 1. The summed E-state index contributed by atoms with van der Waals surface area (Å²) in [6, 6.07) is 12.5. The fraction of sp³-hybridized carbons (Fsp3) is 0.133. The first-order chi connectivity index (χ1) is 9.74. The van der Waals surface area contributed by atoms with Gasteiger partial charge in [0.1, 0.15) is 0 Å². The van der Waals surface area contributed by atoms with Gasteiger partial charge in [0.05, 0.1) is 9.30 Å². The number of fused-ring (bicyclic) bond motifs is 1. The molecule has 0 radical (unpaired) electrons. The lowest BCUT2D eigenvalue weighted by atomic mass is 10.1. The Hall–Kier alpha value is -0.750. The van der Waals surface area contributed by atoms with Gasteiger partial charge < -0.3 is 5.32 Å². The lowest BCUT2D eigenvalue weighted by Crippen LogP contribution is -2.12. The van der Waals surface area contributed by atoms with Crippen LogP contribution >= 0.6 is 43.2 Å². The van der Waals surface area contributed by atoms with E-state index in [1.54, 1.807) is 11.3 Å². The average Bonchev–Trinajstić information content (AvgIpc) is 2.87. The van der Waals surface area contributed by atoms with Gasteiger partial charge >= 0.3 is 0 Å². The van der Waals surface area contributed by atoms with Gasteiger partial charge in [-0.3, -0.25) is 4.98 Å². The lowest BCUT2D eigenvalue weighted by Gasteiger charge is -2.08. The van der Waals surface area contributed by atoms with E-state index < -0.39 is 0 Å². The van der Waals surface area contributed by atoms with Crippen molar-refractivity contribution >= 4 is 54.1 Å². The molecule has 20 heavy (non-hydrogen) atoms. The van der Waals surface area contributed by atoms with Gasteiger partial charge in [-0.25, -0.2) is 0 Å². The molecule has 0 bridgehead atoms. The molecule has 0 unspecified atom stereocenters. The van der Waals surface area contributed by atoms with Crippen LogP contribution in [0.15, 0.2) is 50.9 Å². The topological polar surface area (TPSA) is 24.9 Å². The Morgan fingerprint density at radius 1 is 1.05 bits per heavy atom. The van der Waals surface area contributed by atoms with E-state index in [1.807, 2.05) is 12.3 Å². The summed E-state index contributed by atoms with van der Waals surface area (Å²) in [5, 5.41) is 4.64. The molecule has 0 spiro atoms. The number of hydrogen-bond acceptors (Lipinski definition) is 3. The normalized spacial score (nSPS) is 11.1.